The summed E-state index contributed by atoms with van der Waals surface area (Å²) in [5, 5.41) is 6.00. The number of hydrogen-bond donors (Lipinski definition) is 1. The van der Waals surface area contributed by atoms with Crippen LogP contribution in [0.3, 0.4) is 0 Å². The second-order valence-electron chi connectivity index (χ2n) is 6.88. The van der Waals surface area contributed by atoms with Gasteiger partial charge in [-0.25, -0.2) is 9.97 Å². The van der Waals surface area contributed by atoms with Crippen molar-refractivity contribution in [3.63, 3.8) is 0 Å². The van der Waals surface area contributed by atoms with Crippen LogP contribution in [0.4, 0.5) is 0 Å². The SMILES string of the molecule is O=C(c1csc(-c2cc(Br)cs2)n1)N1CCC(c2c[nH]c3ncccc23)CC1. The maximum atomic E-state index is 12.9. The van der Waals surface area contributed by atoms with Crippen LogP contribution in [0.25, 0.3) is 20.9 Å². The molecule has 1 aliphatic heterocycles. The van der Waals surface area contributed by atoms with E-state index in [1.165, 1.54) is 22.3 Å². The molecule has 0 saturated carbocycles. The molecule has 0 aliphatic carbocycles. The van der Waals surface area contributed by atoms with Gasteiger partial charge in [-0.15, -0.1) is 22.7 Å². The second kappa shape index (κ2) is 7.42. The van der Waals surface area contributed by atoms with E-state index in [2.05, 4.69) is 43.1 Å². The highest BCUT2D eigenvalue weighted by Gasteiger charge is 2.27. The van der Waals surface area contributed by atoms with Gasteiger partial charge in [-0.05, 0) is 58.5 Å². The number of nitrogens with one attached hydrogen (secondary N) is 1. The average Bonchev–Trinajstić information content (AvgIpc) is 3.46. The third kappa shape index (κ3) is 3.29. The number of aromatic nitrogens is 3. The minimum Gasteiger partial charge on any atom is -0.346 e. The van der Waals surface area contributed by atoms with Crippen LogP contribution >= 0.6 is 38.6 Å². The Kier molecular flexibility index (Phi) is 4.78. The normalized spacial score (nSPS) is 15.4. The number of hydrogen-bond acceptors (Lipinski definition) is 5. The lowest BCUT2D eigenvalue weighted by Gasteiger charge is -2.31. The number of amides is 1. The lowest BCUT2D eigenvalue weighted by molar-refractivity contribution is 0.0708. The zero-order valence-electron chi connectivity index (χ0n) is 14.9. The summed E-state index contributed by atoms with van der Waals surface area (Å²) in [4.78, 5) is 28.2. The molecule has 0 bridgehead atoms. The fourth-order valence-corrected chi connectivity index (χ4v) is 6.08. The van der Waals surface area contributed by atoms with Crippen molar-refractivity contribution < 1.29 is 4.79 Å². The average molecular weight is 473 g/mol. The van der Waals surface area contributed by atoms with Crippen LogP contribution in [-0.4, -0.2) is 38.8 Å². The third-order valence-electron chi connectivity index (χ3n) is 5.21. The Morgan fingerprint density at radius 1 is 1.25 bits per heavy atom. The molecule has 0 unspecified atom stereocenters. The monoisotopic (exact) mass is 472 g/mol. The van der Waals surface area contributed by atoms with Crippen LogP contribution in [0.2, 0.25) is 0 Å². The van der Waals surface area contributed by atoms with Crippen LogP contribution in [0.1, 0.15) is 34.8 Å². The Morgan fingerprint density at radius 2 is 2.11 bits per heavy atom. The number of carbonyl (C=O) groups is 1. The maximum absolute atomic E-state index is 12.9. The minimum atomic E-state index is 0.0390. The van der Waals surface area contributed by atoms with Crippen molar-refractivity contribution in [2.45, 2.75) is 18.8 Å². The molecule has 28 heavy (non-hydrogen) atoms. The Bertz CT molecular complexity index is 1140. The summed E-state index contributed by atoms with van der Waals surface area (Å²) < 4.78 is 1.05. The Labute approximate surface area is 178 Å². The molecule has 1 aliphatic rings. The zero-order chi connectivity index (χ0) is 19.1. The number of thiazole rings is 1. The summed E-state index contributed by atoms with van der Waals surface area (Å²) in [7, 11) is 0. The lowest BCUT2D eigenvalue weighted by atomic mass is 9.89. The molecule has 1 fully saturated rings. The number of H-pyrrole nitrogens is 1. The quantitative estimate of drug-likeness (QED) is 0.426. The fraction of sp³-hybridized carbons (Fsp3) is 0.250. The summed E-state index contributed by atoms with van der Waals surface area (Å²) in [6, 6.07) is 6.13. The molecule has 5 nitrogen and oxygen atoms in total. The van der Waals surface area contributed by atoms with Gasteiger partial charge < -0.3 is 9.88 Å². The smallest absolute Gasteiger partial charge is 0.273 e. The Morgan fingerprint density at radius 3 is 2.89 bits per heavy atom. The first-order chi connectivity index (χ1) is 13.7. The van der Waals surface area contributed by atoms with E-state index in [0.717, 1.165) is 45.9 Å². The van der Waals surface area contributed by atoms with Gasteiger partial charge in [0.1, 0.15) is 16.3 Å². The number of likely N-dealkylation sites (tertiary alicyclic amines) is 1. The standard InChI is InChI=1S/C20H17BrN4OS2/c21-13-8-17(27-10-13)19-24-16(11-28-19)20(26)25-6-3-12(4-7-25)15-9-23-18-14(15)2-1-5-22-18/h1-2,5,8-12H,3-4,6-7H2,(H,22,23). The molecule has 8 heteroatoms. The zero-order valence-corrected chi connectivity index (χ0v) is 18.1. The molecule has 0 aromatic carbocycles. The van der Waals surface area contributed by atoms with Gasteiger partial charge in [0.15, 0.2) is 0 Å². The third-order valence-corrected chi connectivity index (χ3v) is 7.91. The summed E-state index contributed by atoms with van der Waals surface area (Å²) in [6.07, 6.45) is 5.80. The number of carbonyl (C=O) groups excluding carboxylic acids is 1. The molecule has 0 radical (unpaired) electrons. The van der Waals surface area contributed by atoms with E-state index in [4.69, 9.17) is 0 Å². The number of fused-ring (bicyclic) bond motifs is 1. The minimum absolute atomic E-state index is 0.0390. The predicted octanol–water partition coefficient (Wildman–Crippen LogP) is 5.53. The molecule has 4 aromatic heterocycles. The van der Waals surface area contributed by atoms with E-state index >= 15 is 0 Å². The van der Waals surface area contributed by atoms with Gasteiger partial charge in [-0.1, -0.05) is 0 Å². The van der Waals surface area contributed by atoms with Gasteiger partial charge in [-0.3, -0.25) is 4.79 Å². The van der Waals surface area contributed by atoms with E-state index in [1.807, 2.05) is 27.8 Å². The summed E-state index contributed by atoms with van der Waals surface area (Å²) in [5.41, 5.74) is 2.81. The van der Waals surface area contributed by atoms with E-state index in [1.54, 1.807) is 17.5 Å². The molecule has 1 N–H and O–H groups in total. The fourth-order valence-electron chi connectivity index (χ4n) is 3.78. The molecule has 0 atom stereocenters. The van der Waals surface area contributed by atoms with E-state index in [-0.39, 0.29) is 5.91 Å². The van der Waals surface area contributed by atoms with Crippen LogP contribution in [0.5, 0.6) is 0 Å². The highest BCUT2D eigenvalue weighted by atomic mass is 79.9. The molecule has 5 rings (SSSR count). The molecule has 1 amide bonds. The maximum Gasteiger partial charge on any atom is 0.273 e. The van der Waals surface area contributed by atoms with Crippen LogP contribution in [0, 0.1) is 0 Å². The van der Waals surface area contributed by atoms with E-state index < -0.39 is 0 Å². The predicted molar refractivity (Wildman–Crippen MR) is 117 cm³/mol. The van der Waals surface area contributed by atoms with Crippen LogP contribution < -0.4 is 0 Å². The molecular formula is C20H17BrN4OS2. The number of piperidine rings is 1. The number of thiophene rings is 1. The highest BCUT2D eigenvalue weighted by molar-refractivity contribution is 9.10. The van der Waals surface area contributed by atoms with Crippen LogP contribution in [0.15, 0.2) is 45.8 Å². The molecule has 142 valence electrons. The van der Waals surface area contributed by atoms with Gasteiger partial charge in [0.05, 0.1) is 4.88 Å². The van der Waals surface area contributed by atoms with Crippen molar-refractivity contribution in [2.75, 3.05) is 13.1 Å². The molecule has 1 saturated heterocycles. The first kappa shape index (κ1) is 18.0. The first-order valence-corrected chi connectivity index (χ1v) is 11.7. The lowest BCUT2D eigenvalue weighted by Crippen LogP contribution is -2.38. The number of nitrogens with zero attached hydrogens (tertiary/aromatic N) is 3. The van der Waals surface area contributed by atoms with Crippen LogP contribution in [-0.2, 0) is 0 Å². The summed E-state index contributed by atoms with van der Waals surface area (Å²) in [6.45, 7) is 1.52. The van der Waals surface area contributed by atoms with Gasteiger partial charge in [0.2, 0.25) is 0 Å². The molecular weight excluding hydrogens is 456 g/mol. The number of rotatable bonds is 3. The van der Waals surface area contributed by atoms with Gasteiger partial charge in [-0.2, -0.15) is 0 Å². The van der Waals surface area contributed by atoms with Gasteiger partial charge in [0.25, 0.3) is 5.91 Å². The highest BCUT2D eigenvalue weighted by Crippen LogP contribution is 2.34. The number of pyridine rings is 1. The van der Waals surface area contributed by atoms with Crippen molar-refractivity contribution in [3.05, 3.63) is 57.1 Å². The topological polar surface area (TPSA) is 61.9 Å². The molecule has 0 spiro atoms. The van der Waals surface area contributed by atoms with Gasteiger partial charge >= 0.3 is 0 Å². The van der Waals surface area contributed by atoms with Crippen molar-refractivity contribution in [2.24, 2.45) is 0 Å². The second-order valence-corrected chi connectivity index (χ2v) is 9.56. The Balaban J connectivity index is 1.28. The van der Waals surface area contributed by atoms with Crippen molar-refractivity contribution >= 4 is 55.5 Å². The van der Waals surface area contributed by atoms with Crippen molar-refractivity contribution in [1.82, 2.24) is 19.9 Å². The largest absolute Gasteiger partial charge is 0.346 e. The number of aromatic amines is 1. The van der Waals surface area contributed by atoms with Crippen molar-refractivity contribution in [3.8, 4) is 9.88 Å². The Hall–Kier alpha value is -2.03. The van der Waals surface area contributed by atoms with E-state index in [0.29, 0.717) is 11.6 Å². The molecule has 4 aromatic rings. The number of halogens is 1. The molecule has 5 heterocycles. The van der Waals surface area contributed by atoms with Crippen molar-refractivity contribution in [1.29, 1.82) is 0 Å². The summed E-state index contributed by atoms with van der Waals surface area (Å²) in [5.74, 6) is 0.494. The first-order valence-electron chi connectivity index (χ1n) is 9.10. The van der Waals surface area contributed by atoms with E-state index in [9.17, 15) is 4.79 Å². The summed E-state index contributed by atoms with van der Waals surface area (Å²) >= 11 is 6.63. The van der Waals surface area contributed by atoms with Gasteiger partial charge in [0, 0.05) is 46.1 Å².